The standard InChI is InChI=1S/C32H56NO6P/c1-4-5-6-7-8-9-10-11-12-13-14-15-16-20-26-36-28-32(39-31-23-18-17-19-24-31)29-38-40(34,35)37-27-30-22-21-25-33(30,2)3/h17-19,23-24,27,32H,4-16,20-22,25-26,28-29H2,1-3H3. The minimum atomic E-state index is -4.51. The highest BCUT2D eigenvalue weighted by atomic mass is 31.2. The van der Waals surface area contributed by atoms with Crippen LogP contribution in [0.4, 0.5) is 0 Å². The molecule has 2 atom stereocenters. The quantitative estimate of drug-likeness (QED) is 0.0531. The Labute approximate surface area is 244 Å². The summed E-state index contributed by atoms with van der Waals surface area (Å²) in [6.45, 7) is 3.93. The normalized spacial score (nSPS) is 18.1. The molecule has 0 aromatic heterocycles. The molecule has 0 amide bonds. The van der Waals surface area contributed by atoms with Crippen molar-refractivity contribution in [2.24, 2.45) is 0 Å². The molecule has 0 radical (unpaired) electrons. The first-order valence-corrected chi connectivity index (χ1v) is 17.2. The highest BCUT2D eigenvalue weighted by Crippen LogP contribution is 2.40. The molecule has 8 heteroatoms. The Kier molecular flexibility index (Phi) is 17.8. The molecule has 40 heavy (non-hydrogen) atoms. The van der Waals surface area contributed by atoms with Crippen LogP contribution < -0.4 is 9.63 Å². The Morgan fingerprint density at radius 2 is 1.45 bits per heavy atom. The molecule has 1 fully saturated rings. The number of benzene rings is 1. The molecule has 230 valence electrons. The number of ether oxygens (including phenoxy) is 2. The van der Waals surface area contributed by atoms with Crippen LogP contribution in [0.5, 0.6) is 5.75 Å². The number of rotatable bonds is 24. The van der Waals surface area contributed by atoms with Gasteiger partial charge in [-0.3, -0.25) is 9.05 Å². The van der Waals surface area contributed by atoms with Gasteiger partial charge >= 0.3 is 7.82 Å². The van der Waals surface area contributed by atoms with Crippen LogP contribution in [-0.4, -0.2) is 51.0 Å². The van der Waals surface area contributed by atoms with Gasteiger partial charge < -0.3 is 23.4 Å². The number of allylic oxidation sites excluding steroid dienone is 1. The molecule has 1 aromatic rings. The Balaban J connectivity index is 1.59. The molecule has 0 N–H and O–H groups in total. The Bertz CT molecular complexity index is 847. The highest BCUT2D eigenvalue weighted by molar-refractivity contribution is 7.46. The summed E-state index contributed by atoms with van der Waals surface area (Å²) in [6, 6.07) is 9.31. The molecule has 1 aliphatic rings. The third-order valence-electron chi connectivity index (χ3n) is 7.66. The molecule has 1 heterocycles. The number of unbranched alkanes of at least 4 members (excludes halogenated alkanes) is 13. The maximum Gasteiger partial charge on any atom is 0.319 e. The molecule has 1 saturated heterocycles. The summed E-state index contributed by atoms with van der Waals surface area (Å²) in [5.41, 5.74) is 0.938. The van der Waals surface area contributed by atoms with Gasteiger partial charge in [-0.25, -0.2) is 0 Å². The van der Waals surface area contributed by atoms with Crippen LogP contribution in [0.3, 0.4) is 0 Å². The van der Waals surface area contributed by atoms with Crippen molar-refractivity contribution in [2.75, 3.05) is 40.5 Å². The van der Waals surface area contributed by atoms with E-state index >= 15 is 0 Å². The van der Waals surface area contributed by atoms with Gasteiger partial charge in [-0.2, -0.15) is 0 Å². The molecule has 1 aliphatic heterocycles. The van der Waals surface area contributed by atoms with Gasteiger partial charge in [0, 0.05) is 19.4 Å². The summed E-state index contributed by atoms with van der Waals surface area (Å²) in [5, 5.41) is 0. The molecule has 2 rings (SSSR count). The third kappa shape index (κ3) is 16.2. The van der Waals surface area contributed by atoms with Crippen LogP contribution in [0.25, 0.3) is 0 Å². The maximum absolute atomic E-state index is 12.4. The van der Waals surface area contributed by atoms with E-state index in [1.807, 2.05) is 44.4 Å². The van der Waals surface area contributed by atoms with E-state index in [4.69, 9.17) is 18.5 Å². The molecular weight excluding hydrogens is 525 g/mol. The SMILES string of the molecule is CCCCCCCCCCCCCCCCOCC(COP(=O)([O-])OC=C1CCC[N+]1(C)C)Oc1ccccc1. The molecule has 7 nitrogen and oxygen atoms in total. The van der Waals surface area contributed by atoms with E-state index in [0.29, 0.717) is 16.8 Å². The average Bonchev–Trinajstić information content (AvgIpc) is 3.28. The van der Waals surface area contributed by atoms with Crippen molar-refractivity contribution in [1.82, 2.24) is 0 Å². The first kappa shape index (κ1) is 34.8. The molecule has 0 spiro atoms. The monoisotopic (exact) mass is 581 g/mol. The molecule has 1 aromatic carbocycles. The number of hydrogen-bond acceptors (Lipinski definition) is 6. The number of hydrogen-bond donors (Lipinski definition) is 0. The fraction of sp³-hybridized carbons (Fsp3) is 0.750. The van der Waals surface area contributed by atoms with Crippen molar-refractivity contribution >= 4 is 7.82 Å². The van der Waals surface area contributed by atoms with Crippen LogP contribution in [0.1, 0.15) is 110 Å². The number of phosphoric acid groups is 1. The topological polar surface area (TPSA) is 77.1 Å². The molecular formula is C32H56NO6P. The van der Waals surface area contributed by atoms with Crippen molar-refractivity contribution in [3.63, 3.8) is 0 Å². The van der Waals surface area contributed by atoms with Crippen LogP contribution in [0.15, 0.2) is 42.3 Å². The van der Waals surface area contributed by atoms with Gasteiger partial charge in [-0.1, -0.05) is 109 Å². The van der Waals surface area contributed by atoms with E-state index in [-0.39, 0.29) is 13.2 Å². The minimum absolute atomic E-state index is 0.171. The lowest BCUT2D eigenvalue weighted by atomic mass is 10.0. The van der Waals surface area contributed by atoms with Gasteiger partial charge in [0.2, 0.25) is 0 Å². The molecule has 2 unspecified atom stereocenters. The van der Waals surface area contributed by atoms with E-state index in [1.54, 1.807) is 0 Å². The van der Waals surface area contributed by atoms with E-state index in [2.05, 4.69) is 6.92 Å². The molecule has 0 bridgehead atoms. The van der Waals surface area contributed by atoms with Gasteiger partial charge in [0.05, 0.1) is 33.9 Å². The van der Waals surface area contributed by atoms with Crippen molar-refractivity contribution in [1.29, 1.82) is 0 Å². The molecule has 0 saturated carbocycles. The van der Waals surface area contributed by atoms with Crippen LogP contribution in [0.2, 0.25) is 0 Å². The van der Waals surface area contributed by atoms with Crippen molar-refractivity contribution in [2.45, 2.75) is 116 Å². The second kappa shape index (κ2) is 20.5. The Morgan fingerprint density at radius 1 is 0.875 bits per heavy atom. The smallest absolute Gasteiger partial charge is 0.319 e. The van der Waals surface area contributed by atoms with Crippen LogP contribution in [-0.2, 0) is 18.3 Å². The lowest BCUT2D eigenvalue weighted by molar-refractivity contribution is -0.843. The zero-order valence-electron chi connectivity index (χ0n) is 25.5. The van der Waals surface area contributed by atoms with Gasteiger partial charge in [-0.15, -0.1) is 0 Å². The summed E-state index contributed by atoms with van der Waals surface area (Å²) in [4.78, 5) is 12.4. The predicted molar refractivity (Wildman–Crippen MR) is 161 cm³/mol. The summed E-state index contributed by atoms with van der Waals surface area (Å²) >= 11 is 0. The van der Waals surface area contributed by atoms with Crippen molar-refractivity contribution < 1.29 is 32.5 Å². The number of likely N-dealkylation sites (tertiary alicyclic amines) is 1. The number of para-hydroxylation sites is 1. The van der Waals surface area contributed by atoms with Gasteiger partial charge in [-0.05, 0) is 18.6 Å². The fourth-order valence-corrected chi connectivity index (χ4v) is 5.72. The zero-order chi connectivity index (χ0) is 28.9. The van der Waals surface area contributed by atoms with Gasteiger partial charge in [0.1, 0.15) is 23.8 Å². The third-order valence-corrected chi connectivity index (χ3v) is 8.48. The highest BCUT2D eigenvalue weighted by Gasteiger charge is 2.29. The average molecular weight is 582 g/mol. The number of phosphoric ester groups is 1. The van der Waals surface area contributed by atoms with E-state index < -0.39 is 13.9 Å². The van der Waals surface area contributed by atoms with Crippen molar-refractivity contribution in [3.05, 3.63) is 42.3 Å². The van der Waals surface area contributed by atoms with Crippen molar-refractivity contribution in [3.8, 4) is 5.75 Å². The predicted octanol–water partition coefficient (Wildman–Crippen LogP) is 8.15. The van der Waals surface area contributed by atoms with E-state index in [1.165, 1.54) is 83.3 Å². The van der Waals surface area contributed by atoms with Crippen LogP contribution in [0, 0.1) is 0 Å². The van der Waals surface area contributed by atoms with Gasteiger partial charge in [0.25, 0.3) is 0 Å². The Morgan fingerprint density at radius 3 is 2.00 bits per heavy atom. The second-order valence-corrected chi connectivity index (χ2v) is 13.1. The second-order valence-electron chi connectivity index (χ2n) is 11.7. The van der Waals surface area contributed by atoms with E-state index in [9.17, 15) is 9.46 Å². The maximum atomic E-state index is 12.4. The zero-order valence-corrected chi connectivity index (χ0v) is 26.4. The minimum Gasteiger partial charge on any atom is -0.746 e. The van der Waals surface area contributed by atoms with Crippen LogP contribution >= 0.6 is 7.82 Å². The first-order valence-electron chi connectivity index (χ1n) is 15.8. The summed E-state index contributed by atoms with van der Waals surface area (Å²) in [5.74, 6) is 0.643. The largest absolute Gasteiger partial charge is 0.746 e. The first-order chi connectivity index (χ1) is 19.3. The number of nitrogens with zero attached hydrogens (tertiary/aromatic N) is 1. The fourth-order valence-electron chi connectivity index (χ4n) is 5.05. The number of quaternary nitrogens is 1. The summed E-state index contributed by atoms with van der Waals surface area (Å²) < 4.78 is 35.1. The molecule has 0 aliphatic carbocycles. The Hall–Kier alpha value is -1.37. The lowest BCUT2D eigenvalue weighted by Crippen LogP contribution is -2.34. The van der Waals surface area contributed by atoms with E-state index in [0.717, 1.165) is 37.9 Å². The lowest BCUT2D eigenvalue weighted by Gasteiger charge is -2.27. The summed E-state index contributed by atoms with van der Waals surface area (Å²) in [6.07, 6.45) is 21.0. The van der Waals surface area contributed by atoms with Gasteiger partial charge in [0.15, 0.2) is 0 Å². The summed E-state index contributed by atoms with van der Waals surface area (Å²) in [7, 11) is -0.429.